The molecule has 0 radical (unpaired) electrons. The molecular weight excluding hydrogens is 184 g/mol. The summed E-state index contributed by atoms with van der Waals surface area (Å²) in [6.45, 7) is 0. The van der Waals surface area contributed by atoms with Gasteiger partial charge in [-0.2, -0.15) is 0 Å². The quantitative estimate of drug-likeness (QED) is 0.683. The van der Waals surface area contributed by atoms with Crippen molar-refractivity contribution in [2.24, 2.45) is 0 Å². The number of fused-ring (bicyclic) bond motifs is 1. The maximum Gasteiger partial charge on any atom is 0.174 e. The van der Waals surface area contributed by atoms with Gasteiger partial charge in [-0.25, -0.2) is 0 Å². The Labute approximate surface area is 79.9 Å². The van der Waals surface area contributed by atoms with Crippen LogP contribution in [-0.4, -0.2) is 7.11 Å². The summed E-state index contributed by atoms with van der Waals surface area (Å²) in [5.74, 6) is 0. The molecule has 0 fully saturated rings. The number of benzene rings is 1. The fourth-order valence-corrected chi connectivity index (χ4v) is 2.10. The molecule has 4 heteroatoms. The standard InChI is InChI=1S/C9H10N2OS/c1-12-9-3-5-2-6(10)7(11)4-8(5)13-9/h2-4H,10-11H2,1H3. The van der Waals surface area contributed by atoms with Gasteiger partial charge in [0.1, 0.15) is 0 Å². The Morgan fingerprint density at radius 1 is 1.15 bits per heavy atom. The van der Waals surface area contributed by atoms with Gasteiger partial charge in [-0.05, 0) is 23.6 Å². The number of thiophene rings is 1. The van der Waals surface area contributed by atoms with E-state index >= 15 is 0 Å². The van der Waals surface area contributed by atoms with Crippen LogP contribution in [0.4, 0.5) is 11.4 Å². The zero-order valence-electron chi connectivity index (χ0n) is 7.20. The van der Waals surface area contributed by atoms with Gasteiger partial charge >= 0.3 is 0 Å². The van der Waals surface area contributed by atoms with E-state index in [0.29, 0.717) is 11.4 Å². The number of ether oxygens (including phenoxy) is 1. The molecular formula is C9H10N2OS. The highest BCUT2D eigenvalue weighted by atomic mass is 32.1. The van der Waals surface area contributed by atoms with Crippen LogP contribution in [0, 0.1) is 0 Å². The smallest absolute Gasteiger partial charge is 0.174 e. The van der Waals surface area contributed by atoms with Gasteiger partial charge in [-0.1, -0.05) is 11.3 Å². The molecule has 0 atom stereocenters. The average molecular weight is 194 g/mol. The maximum absolute atomic E-state index is 5.68. The SMILES string of the molecule is COc1cc2cc(N)c(N)cc2s1. The van der Waals surface area contributed by atoms with Crippen molar-refractivity contribution in [2.75, 3.05) is 18.6 Å². The molecule has 68 valence electrons. The minimum absolute atomic E-state index is 0.618. The Hall–Kier alpha value is -1.42. The molecule has 2 rings (SSSR count). The summed E-state index contributed by atoms with van der Waals surface area (Å²) < 4.78 is 6.22. The fourth-order valence-electron chi connectivity index (χ4n) is 1.20. The molecule has 1 aromatic heterocycles. The first-order valence-electron chi connectivity index (χ1n) is 3.83. The summed E-state index contributed by atoms with van der Waals surface area (Å²) in [6, 6.07) is 5.69. The summed E-state index contributed by atoms with van der Waals surface area (Å²) in [7, 11) is 1.65. The number of nitrogens with two attached hydrogens (primary N) is 2. The van der Waals surface area contributed by atoms with Crippen LogP contribution in [-0.2, 0) is 0 Å². The molecule has 0 spiro atoms. The van der Waals surface area contributed by atoms with Crippen molar-refractivity contribution in [3.63, 3.8) is 0 Å². The van der Waals surface area contributed by atoms with Crippen molar-refractivity contribution in [3.8, 4) is 5.06 Å². The zero-order valence-corrected chi connectivity index (χ0v) is 8.02. The number of anilines is 2. The van der Waals surface area contributed by atoms with E-state index in [0.717, 1.165) is 15.1 Å². The van der Waals surface area contributed by atoms with E-state index < -0.39 is 0 Å². The van der Waals surface area contributed by atoms with Gasteiger partial charge in [-0.15, -0.1) is 0 Å². The lowest BCUT2D eigenvalue weighted by molar-refractivity contribution is 0.427. The number of hydrogen-bond acceptors (Lipinski definition) is 4. The molecule has 0 aliphatic heterocycles. The molecule has 3 nitrogen and oxygen atoms in total. The van der Waals surface area contributed by atoms with E-state index in [4.69, 9.17) is 16.2 Å². The van der Waals surface area contributed by atoms with Crippen molar-refractivity contribution >= 4 is 32.8 Å². The van der Waals surface area contributed by atoms with Crippen molar-refractivity contribution in [1.82, 2.24) is 0 Å². The van der Waals surface area contributed by atoms with E-state index in [1.807, 2.05) is 18.2 Å². The van der Waals surface area contributed by atoms with Crippen LogP contribution < -0.4 is 16.2 Å². The zero-order chi connectivity index (χ0) is 9.42. The van der Waals surface area contributed by atoms with Gasteiger partial charge < -0.3 is 16.2 Å². The number of rotatable bonds is 1. The number of hydrogen-bond donors (Lipinski definition) is 2. The molecule has 0 saturated heterocycles. The summed E-state index contributed by atoms with van der Waals surface area (Å²) in [5.41, 5.74) is 12.6. The molecule has 0 unspecified atom stereocenters. The monoisotopic (exact) mass is 194 g/mol. The number of methoxy groups -OCH3 is 1. The Balaban J connectivity index is 2.70. The third-order valence-electron chi connectivity index (χ3n) is 1.90. The highest BCUT2D eigenvalue weighted by Crippen LogP contribution is 2.34. The summed E-state index contributed by atoms with van der Waals surface area (Å²) in [6.07, 6.45) is 0. The third kappa shape index (κ3) is 1.29. The highest BCUT2D eigenvalue weighted by molar-refractivity contribution is 7.20. The average Bonchev–Trinajstić information content (AvgIpc) is 2.48. The van der Waals surface area contributed by atoms with E-state index in [1.54, 1.807) is 18.4 Å². The first-order chi connectivity index (χ1) is 6.20. The summed E-state index contributed by atoms with van der Waals surface area (Å²) >= 11 is 1.56. The van der Waals surface area contributed by atoms with Crippen LogP contribution in [0.15, 0.2) is 18.2 Å². The van der Waals surface area contributed by atoms with Gasteiger partial charge in [0.25, 0.3) is 0 Å². The predicted molar refractivity (Wildman–Crippen MR) is 57.2 cm³/mol. The predicted octanol–water partition coefficient (Wildman–Crippen LogP) is 2.07. The van der Waals surface area contributed by atoms with Crippen molar-refractivity contribution in [2.45, 2.75) is 0 Å². The lowest BCUT2D eigenvalue weighted by atomic mass is 10.2. The fraction of sp³-hybridized carbons (Fsp3) is 0.111. The molecule has 0 aliphatic rings. The van der Waals surface area contributed by atoms with Gasteiger partial charge in [-0.3, -0.25) is 0 Å². The van der Waals surface area contributed by atoms with E-state index in [-0.39, 0.29) is 0 Å². The molecule has 4 N–H and O–H groups in total. The largest absolute Gasteiger partial charge is 0.487 e. The third-order valence-corrected chi connectivity index (χ3v) is 2.96. The first-order valence-corrected chi connectivity index (χ1v) is 4.65. The Morgan fingerprint density at radius 2 is 1.85 bits per heavy atom. The Bertz CT molecular complexity index is 411. The summed E-state index contributed by atoms with van der Waals surface area (Å²) in [4.78, 5) is 0. The Kier molecular flexibility index (Phi) is 1.77. The normalized spacial score (nSPS) is 10.5. The lowest BCUT2D eigenvalue weighted by Gasteiger charge is -1.97. The van der Waals surface area contributed by atoms with Crippen LogP contribution >= 0.6 is 11.3 Å². The first kappa shape index (κ1) is 8.19. The molecule has 2 aromatic rings. The second-order valence-corrected chi connectivity index (χ2v) is 3.83. The Morgan fingerprint density at radius 3 is 2.54 bits per heavy atom. The van der Waals surface area contributed by atoms with Crippen LogP contribution in [0.2, 0.25) is 0 Å². The van der Waals surface area contributed by atoms with Crippen LogP contribution in [0.5, 0.6) is 5.06 Å². The van der Waals surface area contributed by atoms with Gasteiger partial charge in [0.15, 0.2) is 5.06 Å². The topological polar surface area (TPSA) is 61.3 Å². The van der Waals surface area contributed by atoms with Gasteiger partial charge in [0.05, 0.1) is 18.5 Å². The minimum atomic E-state index is 0.618. The minimum Gasteiger partial charge on any atom is -0.487 e. The lowest BCUT2D eigenvalue weighted by Crippen LogP contribution is -1.92. The molecule has 0 aliphatic carbocycles. The molecule has 0 amide bonds. The second kappa shape index (κ2) is 2.81. The number of nitrogen functional groups attached to an aromatic ring is 2. The molecule has 0 saturated carbocycles. The van der Waals surface area contributed by atoms with Crippen LogP contribution in [0.25, 0.3) is 10.1 Å². The van der Waals surface area contributed by atoms with Crippen LogP contribution in [0.3, 0.4) is 0 Å². The van der Waals surface area contributed by atoms with Crippen molar-refractivity contribution in [3.05, 3.63) is 18.2 Å². The summed E-state index contributed by atoms with van der Waals surface area (Å²) in [5, 5.41) is 1.95. The van der Waals surface area contributed by atoms with Gasteiger partial charge in [0.2, 0.25) is 0 Å². The second-order valence-electron chi connectivity index (χ2n) is 2.79. The van der Waals surface area contributed by atoms with Crippen molar-refractivity contribution in [1.29, 1.82) is 0 Å². The van der Waals surface area contributed by atoms with E-state index in [2.05, 4.69) is 0 Å². The van der Waals surface area contributed by atoms with E-state index in [9.17, 15) is 0 Å². The van der Waals surface area contributed by atoms with Gasteiger partial charge in [0, 0.05) is 4.70 Å². The molecule has 13 heavy (non-hydrogen) atoms. The molecule has 1 aromatic carbocycles. The molecule has 0 bridgehead atoms. The van der Waals surface area contributed by atoms with Crippen molar-refractivity contribution < 1.29 is 4.74 Å². The van der Waals surface area contributed by atoms with Crippen LogP contribution in [0.1, 0.15) is 0 Å². The maximum atomic E-state index is 5.68. The highest BCUT2D eigenvalue weighted by Gasteiger charge is 2.03. The molecule has 1 heterocycles. The van der Waals surface area contributed by atoms with E-state index in [1.165, 1.54) is 0 Å².